The number of amides is 1. The Labute approximate surface area is 155 Å². The molecule has 0 radical (unpaired) electrons. The molecule has 0 aromatic heterocycles. The van der Waals surface area contributed by atoms with Crippen LogP contribution >= 0.6 is 23.2 Å². The molecule has 1 heterocycles. The van der Waals surface area contributed by atoms with Gasteiger partial charge in [-0.3, -0.25) is 9.69 Å². The summed E-state index contributed by atoms with van der Waals surface area (Å²) < 4.78 is 19.7. The molecular formula is C18H17Cl2FN2O2. The first kappa shape index (κ1) is 18.1. The first-order valence-electron chi connectivity index (χ1n) is 7.88. The van der Waals surface area contributed by atoms with Crippen LogP contribution in [-0.4, -0.2) is 37.1 Å². The summed E-state index contributed by atoms with van der Waals surface area (Å²) in [6.45, 7) is 2.08. The molecule has 1 amide bonds. The van der Waals surface area contributed by atoms with E-state index in [0.29, 0.717) is 47.6 Å². The number of carbonyl (C=O) groups is 1. The Hall–Kier alpha value is -1.66. The van der Waals surface area contributed by atoms with Gasteiger partial charge in [0.1, 0.15) is 11.9 Å². The first-order valence-corrected chi connectivity index (χ1v) is 8.64. The van der Waals surface area contributed by atoms with Gasteiger partial charge in [0.15, 0.2) is 0 Å². The molecule has 1 saturated heterocycles. The van der Waals surface area contributed by atoms with Crippen molar-refractivity contribution in [3.8, 4) is 0 Å². The smallest absolute Gasteiger partial charge is 0.246 e. The van der Waals surface area contributed by atoms with Crippen molar-refractivity contribution >= 4 is 34.8 Å². The number of halogens is 3. The summed E-state index contributed by atoms with van der Waals surface area (Å²) in [7, 11) is 0. The Bertz CT molecular complexity index is 766. The van der Waals surface area contributed by atoms with Crippen LogP contribution in [0.15, 0.2) is 42.5 Å². The highest BCUT2D eigenvalue weighted by Crippen LogP contribution is 2.29. The van der Waals surface area contributed by atoms with Crippen molar-refractivity contribution in [1.29, 1.82) is 0 Å². The van der Waals surface area contributed by atoms with Gasteiger partial charge in [0.05, 0.1) is 23.9 Å². The van der Waals surface area contributed by atoms with Crippen molar-refractivity contribution < 1.29 is 13.9 Å². The predicted octanol–water partition coefficient (Wildman–Crippen LogP) is 4.14. The average Bonchev–Trinajstić information content (AvgIpc) is 2.60. The van der Waals surface area contributed by atoms with Crippen LogP contribution in [0, 0.1) is 5.82 Å². The van der Waals surface area contributed by atoms with E-state index < -0.39 is 11.9 Å². The summed E-state index contributed by atoms with van der Waals surface area (Å²) in [4.78, 5) is 14.9. The van der Waals surface area contributed by atoms with Gasteiger partial charge in [-0.25, -0.2) is 4.39 Å². The van der Waals surface area contributed by atoms with E-state index >= 15 is 0 Å². The third-order valence-corrected chi connectivity index (χ3v) is 4.60. The normalized spacial score (nSPS) is 16.4. The lowest BCUT2D eigenvalue weighted by molar-refractivity contribution is -0.123. The van der Waals surface area contributed by atoms with E-state index in [4.69, 9.17) is 27.9 Å². The van der Waals surface area contributed by atoms with E-state index in [1.54, 1.807) is 36.4 Å². The molecule has 1 atom stereocenters. The molecule has 0 aliphatic carbocycles. The molecule has 1 N–H and O–H groups in total. The zero-order valence-electron chi connectivity index (χ0n) is 13.3. The topological polar surface area (TPSA) is 41.6 Å². The number of rotatable bonds is 4. The Morgan fingerprint density at radius 1 is 1.16 bits per heavy atom. The Kier molecular flexibility index (Phi) is 5.91. The number of morpholine rings is 1. The second-order valence-electron chi connectivity index (χ2n) is 5.69. The van der Waals surface area contributed by atoms with E-state index in [2.05, 4.69) is 5.32 Å². The summed E-state index contributed by atoms with van der Waals surface area (Å²) in [5.41, 5.74) is 0.762. The zero-order chi connectivity index (χ0) is 17.8. The van der Waals surface area contributed by atoms with Gasteiger partial charge in [0.25, 0.3) is 0 Å². The van der Waals surface area contributed by atoms with E-state index in [0.717, 1.165) is 0 Å². The fraction of sp³-hybridized carbons (Fsp3) is 0.278. The van der Waals surface area contributed by atoms with Crippen molar-refractivity contribution in [2.24, 2.45) is 0 Å². The van der Waals surface area contributed by atoms with Crippen LogP contribution in [0.1, 0.15) is 11.6 Å². The minimum absolute atomic E-state index is 0.326. The van der Waals surface area contributed by atoms with Crippen molar-refractivity contribution in [3.63, 3.8) is 0 Å². The highest BCUT2D eigenvalue weighted by molar-refractivity contribution is 6.36. The van der Waals surface area contributed by atoms with Crippen molar-refractivity contribution in [2.45, 2.75) is 6.04 Å². The Morgan fingerprint density at radius 3 is 2.56 bits per heavy atom. The number of ether oxygens (including phenoxy) is 1. The molecule has 132 valence electrons. The third kappa shape index (κ3) is 4.30. The summed E-state index contributed by atoms with van der Waals surface area (Å²) in [5, 5.41) is 3.58. The lowest BCUT2D eigenvalue weighted by atomic mass is 10.0. The van der Waals surface area contributed by atoms with Crippen molar-refractivity contribution in [3.05, 3.63) is 63.9 Å². The fourth-order valence-electron chi connectivity index (χ4n) is 2.83. The molecule has 0 spiro atoms. The van der Waals surface area contributed by atoms with Gasteiger partial charge in [-0.1, -0.05) is 41.4 Å². The number of nitrogens with zero attached hydrogens (tertiary/aromatic N) is 1. The highest BCUT2D eigenvalue weighted by atomic mass is 35.5. The SMILES string of the molecule is O=C(Nc1ccc(Cl)cc1Cl)[C@@H](c1ccccc1F)N1CCOCC1. The van der Waals surface area contributed by atoms with Gasteiger partial charge in [-0.2, -0.15) is 0 Å². The van der Waals surface area contributed by atoms with E-state index in [-0.39, 0.29) is 5.91 Å². The zero-order valence-corrected chi connectivity index (χ0v) is 14.9. The van der Waals surface area contributed by atoms with Crippen molar-refractivity contribution in [1.82, 2.24) is 4.90 Å². The van der Waals surface area contributed by atoms with Gasteiger partial charge in [0.2, 0.25) is 5.91 Å². The predicted molar refractivity (Wildman–Crippen MR) is 96.6 cm³/mol. The molecule has 0 saturated carbocycles. The third-order valence-electron chi connectivity index (χ3n) is 4.05. The quantitative estimate of drug-likeness (QED) is 0.863. The summed E-state index contributed by atoms with van der Waals surface area (Å²) in [6.07, 6.45) is 0. The summed E-state index contributed by atoms with van der Waals surface area (Å²) in [6, 6.07) is 10.3. The van der Waals surface area contributed by atoms with E-state index in [1.807, 2.05) is 4.90 Å². The summed E-state index contributed by atoms with van der Waals surface area (Å²) >= 11 is 12.0. The Morgan fingerprint density at radius 2 is 1.88 bits per heavy atom. The lowest BCUT2D eigenvalue weighted by Gasteiger charge is -2.34. The average molecular weight is 383 g/mol. The molecule has 1 fully saturated rings. The highest BCUT2D eigenvalue weighted by Gasteiger charge is 2.31. The lowest BCUT2D eigenvalue weighted by Crippen LogP contribution is -2.44. The molecule has 3 rings (SSSR count). The molecular weight excluding hydrogens is 366 g/mol. The number of carbonyl (C=O) groups excluding carboxylic acids is 1. The van der Waals surface area contributed by atoms with Crippen molar-refractivity contribution in [2.75, 3.05) is 31.6 Å². The van der Waals surface area contributed by atoms with Gasteiger partial charge >= 0.3 is 0 Å². The molecule has 4 nitrogen and oxygen atoms in total. The summed E-state index contributed by atoms with van der Waals surface area (Å²) in [5.74, 6) is -0.771. The van der Waals surface area contributed by atoms with Crippen LogP contribution < -0.4 is 5.32 Å². The Balaban J connectivity index is 1.90. The van der Waals surface area contributed by atoms with Gasteiger partial charge in [-0.15, -0.1) is 0 Å². The van der Waals surface area contributed by atoms with Crippen LogP contribution in [-0.2, 0) is 9.53 Å². The number of hydrogen-bond donors (Lipinski definition) is 1. The van der Waals surface area contributed by atoms with Crippen LogP contribution in [0.3, 0.4) is 0 Å². The minimum Gasteiger partial charge on any atom is -0.379 e. The largest absolute Gasteiger partial charge is 0.379 e. The standard InChI is InChI=1S/C18H17Cl2FN2O2/c19-12-5-6-16(14(20)11-12)22-18(24)17(23-7-9-25-10-8-23)13-3-1-2-4-15(13)21/h1-6,11,17H,7-10H2,(H,22,24)/t17-/m1/s1. The first-order chi connectivity index (χ1) is 12.1. The maximum Gasteiger partial charge on any atom is 0.246 e. The molecule has 0 bridgehead atoms. The van der Waals surface area contributed by atoms with E-state index in [1.165, 1.54) is 6.07 Å². The molecule has 0 unspecified atom stereocenters. The molecule has 25 heavy (non-hydrogen) atoms. The number of nitrogens with one attached hydrogen (secondary N) is 1. The van der Waals surface area contributed by atoms with Crippen LogP contribution in [0.5, 0.6) is 0 Å². The van der Waals surface area contributed by atoms with Gasteiger partial charge in [-0.05, 0) is 24.3 Å². The number of anilines is 1. The van der Waals surface area contributed by atoms with Crippen LogP contribution in [0.2, 0.25) is 10.0 Å². The monoisotopic (exact) mass is 382 g/mol. The molecule has 1 aliphatic heterocycles. The number of benzene rings is 2. The molecule has 2 aromatic carbocycles. The number of hydrogen-bond acceptors (Lipinski definition) is 3. The second kappa shape index (κ2) is 8.15. The maximum absolute atomic E-state index is 14.3. The van der Waals surface area contributed by atoms with Gasteiger partial charge in [0, 0.05) is 23.7 Å². The minimum atomic E-state index is -0.767. The fourth-order valence-corrected chi connectivity index (χ4v) is 3.28. The van der Waals surface area contributed by atoms with Crippen LogP contribution in [0.25, 0.3) is 0 Å². The molecule has 7 heteroatoms. The molecule has 2 aromatic rings. The van der Waals surface area contributed by atoms with Gasteiger partial charge < -0.3 is 10.1 Å². The molecule has 1 aliphatic rings. The second-order valence-corrected chi connectivity index (χ2v) is 6.53. The van der Waals surface area contributed by atoms with Crippen LogP contribution in [0.4, 0.5) is 10.1 Å². The van der Waals surface area contributed by atoms with E-state index in [9.17, 15) is 9.18 Å². The maximum atomic E-state index is 14.3.